The molecule has 4 N–H and O–H groups in total. The molecule has 0 atom stereocenters. The second kappa shape index (κ2) is 7.28. The summed E-state index contributed by atoms with van der Waals surface area (Å²) in [4.78, 5) is 23.9. The molecule has 9 nitrogen and oxygen atoms in total. The molecule has 0 amide bonds. The van der Waals surface area contributed by atoms with Crippen LogP contribution in [0.5, 0.6) is 0 Å². The zero-order chi connectivity index (χ0) is 21.5. The highest BCUT2D eigenvalue weighted by atomic mass is 32.1. The average Bonchev–Trinajstić information content (AvgIpc) is 3.47. The van der Waals surface area contributed by atoms with Crippen molar-refractivity contribution in [1.29, 1.82) is 5.26 Å². The van der Waals surface area contributed by atoms with Gasteiger partial charge in [-0.2, -0.15) is 5.26 Å². The maximum Gasteiger partial charge on any atom is 0.287 e. The van der Waals surface area contributed by atoms with Gasteiger partial charge in [0.2, 0.25) is 0 Å². The van der Waals surface area contributed by atoms with Gasteiger partial charge in [0.15, 0.2) is 11.3 Å². The van der Waals surface area contributed by atoms with E-state index in [1.54, 1.807) is 12.2 Å². The highest BCUT2D eigenvalue weighted by molar-refractivity contribution is 7.13. The predicted octanol–water partition coefficient (Wildman–Crippen LogP) is 3.03. The van der Waals surface area contributed by atoms with Crippen LogP contribution >= 0.6 is 22.7 Å². The molecule has 11 heteroatoms. The monoisotopic (exact) mass is 444 g/mol. The molecule has 150 valence electrons. The van der Waals surface area contributed by atoms with Crippen LogP contribution in [0.1, 0.15) is 16.1 Å². The van der Waals surface area contributed by atoms with Gasteiger partial charge in [0.05, 0.1) is 21.6 Å². The van der Waals surface area contributed by atoms with Gasteiger partial charge in [-0.05, 0) is 35.0 Å². The number of pyridine rings is 1. The van der Waals surface area contributed by atoms with E-state index in [1.807, 2.05) is 41.1 Å². The Hall–Kier alpha value is -4.14. The summed E-state index contributed by atoms with van der Waals surface area (Å²) in [6.07, 6.45) is 3.37. The van der Waals surface area contributed by atoms with Crippen LogP contribution in [-0.4, -0.2) is 24.6 Å². The summed E-state index contributed by atoms with van der Waals surface area (Å²) in [6.45, 7) is 0. The molecule has 0 saturated carbocycles. The van der Waals surface area contributed by atoms with E-state index < -0.39 is 5.56 Å². The Morgan fingerprint density at radius 3 is 2.58 bits per heavy atom. The second-order valence-corrected chi connectivity index (χ2v) is 8.34. The molecule has 0 fully saturated rings. The van der Waals surface area contributed by atoms with Gasteiger partial charge in [0, 0.05) is 4.88 Å². The van der Waals surface area contributed by atoms with Crippen LogP contribution in [0, 0.1) is 11.3 Å². The lowest BCUT2D eigenvalue weighted by atomic mass is 10.1. The summed E-state index contributed by atoms with van der Waals surface area (Å²) in [5, 5.41) is 21.9. The maximum absolute atomic E-state index is 13.3. The number of nitrogens with zero attached hydrogens (tertiary/aromatic N) is 6. The van der Waals surface area contributed by atoms with Crippen molar-refractivity contribution in [3.63, 3.8) is 0 Å². The third-order valence-electron chi connectivity index (χ3n) is 4.59. The van der Waals surface area contributed by atoms with Crippen molar-refractivity contribution in [2.45, 2.75) is 0 Å². The zero-order valence-corrected chi connectivity index (χ0v) is 17.3. The van der Waals surface area contributed by atoms with E-state index in [9.17, 15) is 10.1 Å². The van der Waals surface area contributed by atoms with Crippen molar-refractivity contribution in [3.05, 3.63) is 61.5 Å². The first kappa shape index (κ1) is 18.9. The summed E-state index contributed by atoms with van der Waals surface area (Å²) < 4.78 is 1.22. The minimum absolute atomic E-state index is 0.0411. The Morgan fingerprint density at radius 2 is 1.87 bits per heavy atom. The average molecular weight is 445 g/mol. The maximum atomic E-state index is 13.3. The molecule has 0 aliphatic carbocycles. The van der Waals surface area contributed by atoms with Crippen LogP contribution in [0.15, 0.2) is 39.8 Å². The van der Waals surface area contributed by atoms with Gasteiger partial charge >= 0.3 is 0 Å². The number of fused-ring (bicyclic) bond motifs is 3. The Kier molecular flexibility index (Phi) is 4.43. The number of nitrogens with two attached hydrogens (primary N) is 2. The van der Waals surface area contributed by atoms with Crippen molar-refractivity contribution < 1.29 is 0 Å². The van der Waals surface area contributed by atoms with Gasteiger partial charge in [0.25, 0.3) is 11.3 Å². The van der Waals surface area contributed by atoms with Crippen LogP contribution in [0.25, 0.3) is 39.5 Å². The predicted molar refractivity (Wildman–Crippen MR) is 122 cm³/mol. The molecular weight excluding hydrogens is 432 g/mol. The minimum Gasteiger partial charge on any atom is -0.397 e. The molecule has 0 aliphatic heterocycles. The number of anilines is 2. The summed E-state index contributed by atoms with van der Waals surface area (Å²) in [7, 11) is 0. The Balaban J connectivity index is 1.89. The molecule has 0 aromatic carbocycles. The zero-order valence-electron chi connectivity index (χ0n) is 15.7. The normalized spacial score (nSPS) is 11.5. The fourth-order valence-electron chi connectivity index (χ4n) is 3.18. The SMILES string of the molecule is N#Cc1c(N)nc2c(c(-c3cccs3)nc3nnc(/C=C/c4cccs4)c(=O)n32)c1N. The molecule has 0 radical (unpaired) electrons. The van der Waals surface area contributed by atoms with E-state index in [-0.39, 0.29) is 34.2 Å². The fraction of sp³-hybridized carbons (Fsp3) is 0. The van der Waals surface area contributed by atoms with E-state index in [4.69, 9.17) is 11.5 Å². The molecule has 5 heterocycles. The molecule has 5 aromatic rings. The highest BCUT2D eigenvalue weighted by Crippen LogP contribution is 2.35. The Morgan fingerprint density at radius 1 is 1.06 bits per heavy atom. The third-order valence-corrected chi connectivity index (χ3v) is 6.30. The number of hydrogen-bond acceptors (Lipinski definition) is 10. The van der Waals surface area contributed by atoms with Crippen molar-refractivity contribution >= 4 is 63.1 Å². The summed E-state index contributed by atoms with van der Waals surface area (Å²) >= 11 is 2.97. The highest BCUT2D eigenvalue weighted by Gasteiger charge is 2.21. The van der Waals surface area contributed by atoms with Crippen LogP contribution in [0.3, 0.4) is 0 Å². The number of nitrogen functional groups attached to an aromatic ring is 2. The van der Waals surface area contributed by atoms with Crippen LogP contribution in [-0.2, 0) is 0 Å². The molecule has 0 aliphatic rings. The van der Waals surface area contributed by atoms with Gasteiger partial charge in [0.1, 0.15) is 17.5 Å². The van der Waals surface area contributed by atoms with Gasteiger partial charge in [-0.3, -0.25) is 4.79 Å². The number of rotatable bonds is 3. The van der Waals surface area contributed by atoms with E-state index >= 15 is 0 Å². The quantitative estimate of drug-likeness (QED) is 0.403. The van der Waals surface area contributed by atoms with Gasteiger partial charge in [-0.1, -0.05) is 12.1 Å². The fourth-order valence-corrected chi connectivity index (χ4v) is 4.51. The van der Waals surface area contributed by atoms with E-state index in [0.29, 0.717) is 11.1 Å². The lowest BCUT2D eigenvalue weighted by molar-refractivity contribution is 0.908. The summed E-state index contributed by atoms with van der Waals surface area (Å²) in [6, 6.07) is 9.53. The van der Waals surface area contributed by atoms with E-state index in [0.717, 1.165) is 9.75 Å². The van der Waals surface area contributed by atoms with Crippen molar-refractivity contribution in [1.82, 2.24) is 24.6 Å². The topological polar surface area (TPSA) is 149 Å². The molecule has 0 saturated heterocycles. The lowest BCUT2D eigenvalue weighted by Crippen LogP contribution is -2.22. The first-order valence-electron chi connectivity index (χ1n) is 8.92. The third kappa shape index (κ3) is 3.02. The van der Waals surface area contributed by atoms with Gasteiger partial charge in [-0.15, -0.1) is 32.9 Å². The first-order valence-corrected chi connectivity index (χ1v) is 10.7. The van der Waals surface area contributed by atoms with E-state index in [2.05, 4.69) is 20.2 Å². The summed E-state index contributed by atoms with van der Waals surface area (Å²) in [5.74, 6) is -0.0123. The molecule has 5 aromatic heterocycles. The molecule has 5 rings (SSSR count). The number of nitriles is 1. The molecule has 31 heavy (non-hydrogen) atoms. The molecular formula is C20H12N8OS2. The van der Waals surface area contributed by atoms with Crippen molar-refractivity contribution in [3.8, 4) is 16.6 Å². The smallest absolute Gasteiger partial charge is 0.287 e. The largest absolute Gasteiger partial charge is 0.397 e. The van der Waals surface area contributed by atoms with Gasteiger partial charge < -0.3 is 11.5 Å². The first-order chi connectivity index (χ1) is 15.1. The molecule has 0 spiro atoms. The lowest BCUT2D eigenvalue weighted by Gasteiger charge is -2.12. The molecule has 0 bridgehead atoms. The number of hydrogen-bond donors (Lipinski definition) is 2. The van der Waals surface area contributed by atoms with Crippen LogP contribution in [0.2, 0.25) is 0 Å². The number of thiophene rings is 2. The molecule has 0 unspecified atom stereocenters. The van der Waals surface area contributed by atoms with Crippen molar-refractivity contribution in [2.24, 2.45) is 0 Å². The second-order valence-electron chi connectivity index (χ2n) is 6.41. The van der Waals surface area contributed by atoms with Crippen LogP contribution < -0.4 is 17.0 Å². The Bertz CT molecular complexity index is 1580. The van der Waals surface area contributed by atoms with E-state index in [1.165, 1.54) is 27.1 Å². The Labute approximate surface area is 182 Å². The number of aromatic nitrogens is 5. The standard InChI is InChI=1S/C20H12N8OS2/c21-9-11-15(22)14-16(13-4-2-8-31-13)24-20-27-26-12(6-5-10-3-1-7-30-10)19(29)28(20)18(14)25-17(11)23/h1-8H,(H4,22,23,25)/b6-5+. The minimum atomic E-state index is -0.468. The van der Waals surface area contributed by atoms with Crippen molar-refractivity contribution in [2.75, 3.05) is 11.5 Å². The van der Waals surface area contributed by atoms with Crippen LogP contribution in [0.4, 0.5) is 11.5 Å². The van der Waals surface area contributed by atoms with Gasteiger partial charge in [-0.25, -0.2) is 14.4 Å². The summed E-state index contributed by atoms with van der Waals surface area (Å²) in [5.41, 5.74) is 12.7.